The van der Waals surface area contributed by atoms with E-state index in [1.165, 1.54) is 28.0 Å². The summed E-state index contributed by atoms with van der Waals surface area (Å²) in [5.74, 6) is 0.551. The molecule has 0 unspecified atom stereocenters. The third-order valence-electron chi connectivity index (χ3n) is 4.93. The van der Waals surface area contributed by atoms with E-state index in [1.807, 2.05) is 6.92 Å². The van der Waals surface area contributed by atoms with Crippen molar-refractivity contribution in [3.8, 4) is 0 Å². The fourth-order valence-electron chi connectivity index (χ4n) is 3.41. The number of thiophene rings is 1. The van der Waals surface area contributed by atoms with Gasteiger partial charge in [-0.25, -0.2) is 4.98 Å². The van der Waals surface area contributed by atoms with Crippen LogP contribution in [0.15, 0.2) is 29.4 Å². The summed E-state index contributed by atoms with van der Waals surface area (Å²) in [6, 6.07) is 6.98. The van der Waals surface area contributed by atoms with Crippen molar-refractivity contribution in [1.29, 1.82) is 0 Å². The molecule has 0 fully saturated rings. The topological polar surface area (TPSA) is 99.8 Å². The van der Waals surface area contributed by atoms with E-state index in [0.717, 1.165) is 43.5 Å². The van der Waals surface area contributed by atoms with Crippen LogP contribution in [0.3, 0.4) is 0 Å². The summed E-state index contributed by atoms with van der Waals surface area (Å²) >= 11 is 8.70. The van der Waals surface area contributed by atoms with Gasteiger partial charge in [0, 0.05) is 22.0 Å². The van der Waals surface area contributed by atoms with Gasteiger partial charge in [0.25, 0.3) is 5.91 Å². The van der Waals surface area contributed by atoms with Crippen LogP contribution in [0, 0.1) is 0 Å². The summed E-state index contributed by atoms with van der Waals surface area (Å²) in [6.07, 6.45) is 4.67. The lowest BCUT2D eigenvalue weighted by Crippen LogP contribution is -2.19. The Kier molecular flexibility index (Phi) is 6.94. The van der Waals surface area contributed by atoms with Crippen LogP contribution in [-0.2, 0) is 24.1 Å². The monoisotopic (exact) mass is 475 g/mol. The highest BCUT2D eigenvalue weighted by atomic mass is 35.5. The molecule has 2 aromatic heterocycles. The first-order valence-electron chi connectivity index (χ1n) is 10.1. The van der Waals surface area contributed by atoms with Gasteiger partial charge in [0.2, 0.25) is 11.1 Å². The van der Waals surface area contributed by atoms with Crippen LogP contribution in [0.4, 0.5) is 10.7 Å². The lowest BCUT2D eigenvalue weighted by atomic mass is 9.95. The van der Waals surface area contributed by atoms with Crippen molar-refractivity contribution in [2.75, 3.05) is 16.4 Å². The van der Waals surface area contributed by atoms with E-state index in [2.05, 4.69) is 25.8 Å². The minimum Gasteiger partial charge on any atom is -0.322 e. The number of amides is 2. The molecule has 2 heterocycles. The molecule has 162 valence electrons. The van der Waals surface area contributed by atoms with Crippen molar-refractivity contribution < 1.29 is 9.59 Å². The minimum absolute atomic E-state index is 0.168. The van der Waals surface area contributed by atoms with Crippen LogP contribution in [0.2, 0.25) is 5.02 Å². The van der Waals surface area contributed by atoms with Gasteiger partial charge in [-0.1, -0.05) is 30.3 Å². The van der Waals surface area contributed by atoms with Gasteiger partial charge in [0.1, 0.15) is 10.8 Å². The molecule has 0 bridgehead atoms. The van der Waals surface area contributed by atoms with Gasteiger partial charge in [-0.3, -0.25) is 14.7 Å². The Balaban J connectivity index is 1.49. The summed E-state index contributed by atoms with van der Waals surface area (Å²) in [7, 11) is 0. The van der Waals surface area contributed by atoms with Crippen LogP contribution >= 0.6 is 34.7 Å². The smallest absolute Gasteiger partial charge is 0.258 e. The van der Waals surface area contributed by atoms with E-state index in [0.29, 0.717) is 26.4 Å². The number of halogens is 1. The van der Waals surface area contributed by atoms with E-state index in [1.54, 1.807) is 24.3 Å². The second kappa shape index (κ2) is 9.84. The molecule has 1 aliphatic carbocycles. The predicted molar refractivity (Wildman–Crippen MR) is 125 cm³/mol. The molecular formula is C21H22ClN5O2S2. The van der Waals surface area contributed by atoms with Gasteiger partial charge in [-0.2, -0.15) is 0 Å². The number of benzene rings is 1. The summed E-state index contributed by atoms with van der Waals surface area (Å²) in [6.45, 7) is 1.98. The molecule has 0 saturated carbocycles. The highest BCUT2D eigenvalue weighted by Gasteiger charge is 2.26. The SMILES string of the molecule is CCc1nc(SCC(=O)Nc2sc3c(c2C(=O)Nc2ccc(Cl)cc2)CCCC3)n[nH]1. The molecule has 3 aromatic rings. The maximum absolute atomic E-state index is 13.1. The standard InChI is InChI=1S/C21H22ClN5O2S2/c1-2-16-24-21(27-26-16)30-11-17(28)25-20-18(14-5-3-4-6-15(14)31-20)19(29)23-13-9-7-12(22)8-10-13/h7-10H,2-6,11H2,1H3,(H,23,29)(H,25,28)(H,24,26,27). The summed E-state index contributed by atoms with van der Waals surface area (Å²) in [4.78, 5) is 31.2. The van der Waals surface area contributed by atoms with Crippen molar-refractivity contribution in [2.24, 2.45) is 0 Å². The van der Waals surface area contributed by atoms with Crippen LogP contribution in [0.25, 0.3) is 0 Å². The third-order valence-corrected chi connectivity index (χ3v) is 7.24. The number of hydrogen-bond donors (Lipinski definition) is 3. The molecule has 1 aromatic carbocycles. The number of nitrogens with one attached hydrogen (secondary N) is 3. The van der Waals surface area contributed by atoms with Crippen LogP contribution < -0.4 is 10.6 Å². The van der Waals surface area contributed by atoms with Crippen molar-refractivity contribution in [1.82, 2.24) is 15.2 Å². The molecule has 4 rings (SSSR count). The number of hydrogen-bond acceptors (Lipinski definition) is 6. The van der Waals surface area contributed by atoms with Crippen LogP contribution in [0.1, 0.15) is 46.4 Å². The number of rotatable bonds is 7. The number of anilines is 2. The number of aryl methyl sites for hydroxylation is 2. The maximum atomic E-state index is 13.1. The Morgan fingerprint density at radius 3 is 2.71 bits per heavy atom. The van der Waals surface area contributed by atoms with Crippen molar-refractivity contribution >= 4 is 57.2 Å². The minimum atomic E-state index is -0.216. The average Bonchev–Trinajstić information content (AvgIpc) is 3.37. The number of thioether (sulfide) groups is 1. The van der Waals surface area contributed by atoms with Crippen molar-refractivity contribution in [2.45, 2.75) is 44.2 Å². The van der Waals surface area contributed by atoms with Gasteiger partial charge < -0.3 is 10.6 Å². The highest BCUT2D eigenvalue weighted by molar-refractivity contribution is 7.99. The summed E-state index contributed by atoms with van der Waals surface area (Å²) < 4.78 is 0. The molecule has 0 radical (unpaired) electrons. The molecule has 31 heavy (non-hydrogen) atoms. The number of aromatic nitrogens is 3. The molecule has 0 saturated heterocycles. The fourth-order valence-corrected chi connectivity index (χ4v) is 5.46. The highest BCUT2D eigenvalue weighted by Crippen LogP contribution is 2.38. The van der Waals surface area contributed by atoms with Gasteiger partial charge in [0.15, 0.2) is 0 Å². The molecular weight excluding hydrogens is 454 g/mol. The maximum Gasteiger partial charge on any atom is 0.258 e. The first kappa shape index (κ1) is 21.9. The van der Waals surface area contributed by atoms with Gasteiger partial charge in [0.05, 0.1) is 11.3 Å². The van der Waals surface area contributed by atoms with E-state index in [4.69, 9.17) is 11.6 Å². The first-order valence-corrected chi connectivity index (χ1v) is 12.3. The molecule has 3 N–H and O–H groups in total. The Labute approximate surface area is 193 Å². The number of carbonyl (C=O) groups is 2. The molecule has 0 atom stereocenters. The van der Waals surface area contributed by atoms with Crippen molar-refractivity contribution in [3.63, 3.8) is 0 Å². The molecule has 0 spiro atoms. The predicted octanol–water partition coefficient (Wildman–Crippen LogP) is 4.94. The zero-order chi connectivity index (χ0) is 21.8. The number of aromatic amines is 1. The quantitative estimate of drug-likeness (QED) is 0.420. The lowest BCUT2D eigenvalue weighted by Gasteiger charge is -2.13. The average molecular weight is 476 g/mol. The Hall–Kier alpha value is -2.36. The van der Waals surface area contributed by atoms with Crippen LogP contribution in [-0.4, -0.2) is 32.7 Å². The lowest BCUT2D eigenvalue weighted by molar-refractivity contribution is -0.113. The summed E-state index contributed by atoms with van der Waals surface area (Å²) in [5.41, 5.74) is 2.28. The second-order valence-electron chi connectivity index (χ2n) is 7.13. The second-order valence-corrected chi connectivity index (χ2v) is 9.62. The Morgan fingerprint density at radius 2 is 1.97 bits per heavy atom. The van der Waals surface area contributed by atoms with Gasteiger partial charge in [-0.15, -0.1) is 16.4 Å². The van der Waals surface area contributed by atoms with E-state index >= 15 is 0 Å². The van der Waals surface area contributed by atoms with Crippen molar-refractivity contribution in [3.05, 3.63) is 51.1 Å². The Morgan fingerprint density at radius 1 is 1.19 bits per heavy atom. The number of H-pyrrole nitrogens is 1. The molecule has 1 aliphatic rings. The normalized spacial score (nSPS) is 13.0. The third kappa shape index (κ3) is 5.28. The number of fused-ring (bicyclic) bond motifs is 1. The van der Waals surface area contributed by atoms with Gasteiger partial charge >= 0.3 is 0 Å². The number of carbonyl (C=O) groups excluding carboxylic acids is 2. The molecule has 10 heteroatoms. The summed E-state index contributed by atoms with van der Waals surface area (Å²) in [5, 5.41) is 14.6. The van der Waals surface area contributed by atoms with Gasteiger partial charge in [-0.05, 0) is 55.5 Å². The largest absolute Gasteiger partial charge is 0.322 e. The molecule has 7 nitrogen and oxygen atoms in total. The van der Waals surface area contributed by atoms with E-state index < -0.39 is 0 Å². The van der Waals surface area contributed by atoms with Crippen LogP contribution in [0.5, 0.6) is 0 Å². The first-order chi connectivity index (χ1) is 15.0. The molecule has 2 amide bonds. The zero-order valence-corrected chi connectivity index (χ0v) is 19.3. The fraction of sp³-hybridized carbons (Fsp3) is 0.333. The Bertz CT molecular complexity index is 1090. The van der Waals surface area contributed by atoms with E-state index in [-0.39, 0.29) is 17.6 Å². The number of nitrogens with zero attached hydrogens (tertiary/aromatic N) is 2. The molecule has 0 aliphatic heterocycles. The van der Waals surface area contributed by atoms with E-state index in [9.17, 15) is 9.59 Å². The zero-order valence-electron chi connectivity index (χ0n) is 17.0.